The fourth-order valence-electron chi connectivity index (χ4n) is 1.35. The summed E-state index contributed by atoms with van der Waals surface area (Å²) < 4.78 is 7.01. The van der Waals surface area contributed by atoms with Gasteiger partial charge < -0.3 is 14.4 Å². The normalized spacial score (nSPS) is 13.5. The number of ether oxygens (including phenoxy) is 1. The summed E-state index contributed by atoms with van der Waals surface area (Å²) >= 11 is 0. The van der Waals surface area contributed by atoms with Crippen molar-refractivity contribution in [2.45, 2.75) is 26.5 Å². The summed E-state index contributed by atoms with van der Waals surface area (Å²) in [5, 5.41) is 9.79. The molecule has 0 bridgehead atoms. The van der Waals surface area contributed by atoms with Crippen molar-refractivity contribution < 1.29 is 9.84 Å². The van der Waals surface area contributed by atoms with Crippen molar-refractivity contribution in [3.05, 3.63) is 24.0 Å². The van der Waals surface area contributed by atoms with Gasteiger partial charge in [0.1, 0.15) is 0 Å². The minimum Gasteiger partial charge on any atom is -0.388 e. The van der Waals surface area contributed by atoms with Crippen LogP contribution in [0.2, 0.25) is 0 Å². The largest absolute Gasteiger partial charge is 0.388 e. The van der Waals surface area contributed by atoms with Gasteiger partial charge >= 0.3 is 0 Å². The molecule has 1 aromatic heterocycles. The summed E-state index contributed by atoms with van der Waals surface area (Å²) in [6, 6.07) is 1.96. The standard InChI is InChI=1S/C11H19NO2/c1-9(2)11(13)10-4-5-12(8-10)6-7-14-3/h4-5,8-9,11,13H,6-7H2,1-3H3. The van der Waals surface area contributed by atoms with Gasteiger partial charge in [0.2, 0.25) is 0 Å². The molecule has 1 aromatic rings. The first-order chi connectivity index (χ1) is 6.65. The molecule has 0 amide bonds. The van der Waals surface area contributed by atoms with Crippen LogP contribution in [-0.2, 0) is 11.3 Å². The molecule has 0 aliphatic carbocycles. The van der Waals surface area contributed by atoms with E-state index in [1.165, 1.54) is 0 Å². The van der Waals surface area contributed by atoms with Gasteiger partial charge in [-0.3, -0.25) is 0 Å². The molecule has 3 nitrogen and oxygen atoms in total. The van der Waals surface area contributed by atoms with Crippen LogP contribution in [-0.4, -0.2) is 23.4 Å². The second-order valence-electron chi connectivity index (χ2n) is 3.86. The van der Waals surface area contributed by atoms with Crippen LogP contribution < -0.4 is 0 Å². The molecular weight excluding hydrogens is 178 g/mol. The van der Waals surface area contributed by atoms with Crippen LogP contribution in [0.5, 0.6) is 0 Å². The van der Waals surface area contributed by atoms with Gasteiger partial charge in [0, 0.05) is 26.0 Å². The second kappa shape index (κ2) is 5.17. The second-order valence-corrected chi connectivity index (χ2v) is 3.86. The number of aliphatic hydroxyl groups is 1. The topological polar surface area (TPSA) is 34.4 Å². The maximum absolute atomic E-state index is 9.79. The molecule has 0 saturated heterocycles. The van der Waals surface area contributed by atoms with Gasteiger partial charge in [-0.05, 0) is 17.5 Å². The molecule has 0 aromatic carbocycles. The van der Waals surface area contributed by atoms with Crippen molar-refractivity contribution in [1.82, 2.24) is 4.57 Å². The van der Waals surface area contributed by atoms with Crippen LogP contribution in [0.3, 0.4) is 0 Å². The molecule has 0 spiro atoms. The van der Waals surface area contributed by atoms with Crippen molar-refractivity contribution in [3.8, 4) is 0 Å². The number of aliphatic hydroxyl groups excluding tert-OH is 1. The number of hydrogen-bond donors (Lipinski definition) is 1. The van der Waals surface area contributed by atoms with E-state index in [9.17, 15) is 5.11 Å². The highest BCUT2D eigenvalue weighted by Crippen LogP contribution is 2.21. The fourth-order valence-corrected chi connectivity index (χ4v) is 1.35. The van der Waals surface area contributed by atoms with E-state index < -0.39 is 0 Å². The Balaban J connectivity index is 2.58. The lowest BCUT2D eigenvalue weighted by Crippen LogP contribution is -2.05. The zero-order chi connectivity index (χ0) is 10.6. The molecule has 0 aliphatic heterocycles. The molecule has 0 radical (unpaired) electrons. The molecule has 1 unspecified atom stereocenters. The maximum atomic E-state index is 9.79. The van der Waals surface area contributed by atoms with E-state index in [0.717, 1.165) is 12.1 Å². The van der Waals surface area contributed by atoms with E-state index in [0.29, 0.717) is 6.61 Å². The molecule has 0 fully saturated rings. The molecule has 80 valence electrons. The van der Waals surface area contributed by atoms with Gasteiger partial charge in [0.25, 0.3) is 0 Å². The minimum atomic E-state index is -0.362. The SMILES string of the molecule is COCCn1ccc(C(O)C(C)C)c1. The van der Waals surface area contributed by atoms with Gasteiger partial charge in [-0.2, -0.15) is 0 Å². The number of aromatic nitrogens is 1. The van der Waals surface area contributed by atoms with Crippen LogP contribution >= 0.6 is 0 Å². The molecule has 1 atom stereocenters. The predicted octanol–water partition coefficient (Wildman–Crippen LogP) is 1.82. The zero-order valence-electron chi connectivity index (χ0n) is 9.10. The summed E-state index contributed by atoms with van der Waals surface area (Å²) in [6.45, 7) is 5.56. The molecule has 0 aliphatic rings. The lowest BCUT2D eigenvalue weighted by Gasteiger charge is -2.12. The van der Waals surface area contributed by atoms with Crippen LogP contribution in [0.1, 0.15) is 25.5 Å². The highest BCUT2D eigenvalue weighted by atomic mass is 16.5. The van der Waals surface area contributed by atoms with E-state index in [2.05, 4.69) is 0 Å². The maximum Gasteiger partial charge on any atom is 0.0827 e. The molecule has 1 heterocycles. The van der Waals surface area contributed by atoms with Gasteiger partial charge in [0.15, 0.2) is 0 Å². The molecule has 3 heteroatoms. The Bertz CT molecular complexity index is 268. The quantitative estimate of drug-likeness (QED) is 0.781. The van der Waals surface area contributed by atoms with Crippen LogP contribution in [0.25, 0.3) is 0 Å². The smallest absolute Gasteiger partial charge is 0.0827 e. The fraction of sp³-hybridized carbons (Fsp3) is 0.636. The van der Waals surface area contributed by atoms with Crippen molar-refractivity contribution in [1.29, 1.82) is 0 Å². The Morgan fingerprint density at radius 1 is 1.50 bits per heavy atom. The van der Waals surface area contributed by atoms with Gasteiger partial charge in [-0.25, -0.2) is 0 Å². The Hall–Kier alpha value is -0.800. The minimum absolute atomic E-state index is 0.258. The van der Waals surface area contributed by atoms with E-state index in [4.69, 9.17) is 4.74 Å². The highest BCUT2D eigenvalue weighted by Gasteiger charge is 2.12. The van der Waals surface area contributed by atoms with E-state index in [1.807, 2.05) is 36.9 Å². The molecular formula is C11H19NO2. The summed E-state index contributed by atoms with van der Waals surface area (Å²) in [5.41, 5.74) is 0.983. The first-order valence-corrected chi connectivity index (χ1v) is 4.98. The third-order valence-electron chi connectivity index (χ3n) is 2.30. The average molecular weight is 197 g/mol. The van der Waals surface area contributed by atoms with Crippen LogP contribution in [0.4, 0.5) is 0 Å². The Labute approximate surface area is 85.3 Å². The predicted molar refractivity (Wildman–Crippen MR) is 56.1 cm³/mol. The van der Waals surface area contributed by atoms with Crippen molar-refractivity contribution in [2.24, 2.45) is 5.92 Å². The Morgan fingerprint density at radius 3 is 2.79 bits per heavy atom. The van der Waals surface area contributed by atoms with E-state index in [1.54, 1.807) is 7.11 Å². The van der Waals surface area contributed by atoms with E-state index >= 15 is 0 Å². The summed E-state index contributed by atoms with van der Waals surface area (Å²) in [5.74, 6) is 0.258. The third-order valence-corrected chi connectivity index (χ3v) is 2.30. The van der Waals surface area contributed by atoms with Crippen molar-refractivity contribution in [2.75, 3.05) is 13.7 Å². The summed E-state index contributed by atoms with van der Waals surface area (Å²) in [7, 11) is 1.69. The lowest BCUT2D eigenvalue weighted by molar-refractivity contribution is 0.126. The van der Waals surface area contributed by atoms with E-state index in [-0.39, 0.29) is 12.0 Å². The number of rotatable bonds is 5. The molecule has 14 heavy (non-hydrogen) atoms. The van der Waals surface area contributed by atoms with Gasteiger partial charge in [-0.15, -0.1) is 0 Å². The highest BCUT2D eigenvalue weighted by molar-refractivity contribution is 5.13. The van der Waals surface area contributed by atoms with Crippen molar-refractivity contribution in [3.63, 3.8) is 0 Å². The van der Waals surface area contributed by atoms with Crippen LogP contribution in [0, 0.1) is 5.92 Å². The first-order valence-electron chi connectivity index (χ1n) is 4.98. The molecule has 1 rings (SSSR count). The van der Waals surface area contributed by atoms with Gasteiger partial charge in [-0.1, -0.05) is 13.8 Å². The van der Waals surface area contributed by atoms with Crippen LogP contribution in [0.15, 0.2) is 18.5 Å². The first kappa shape index (κ1) is 11.3. The average Bonchev–Trinajstić information content (AvgIpc) is 2.61. The number of nitrogens with zero attached hydrogens (tertiary/aromatic N) is 1. The third kappa shape index (κ3) is 2.86. The Morgan fingerprint density at radius 2 is 2.21 bits per heavy atom. The number of hydrogen-bond acceptors (Lipinski definition) is 2. The van der Waals surface area contributed by atoms with Gasteiger partial charge in [0.05, 0.1) is 12.7 Å². The summed E-state index contributed by atoms with van der Waals surface area (Å²) in [4.78, 5) is 0. The number of methoxy groups -OCH3 is 1. The molecule has 0 saturated carbocycles. The Kier molecular flexibility index (Phi) is 4.17. The monoisotopic (exact) mass is 197 g/mol. The lowest BCUT2D eigenvalue weighted by atomic mass is 10.0. The van der Waals surface area contributed by atoms with Crippen molar-refractivity contribution >= 4 is 0 Å². The summed E-state index contributed by atoms with van der Waals surface area (Å²) in [6.07, 6.45) is 3.59. The molecule has 1 N–H and O–H groups in total. The zero-order valence-corrected chi connectivity index (χ0v) is 9.10.